The Morgan fingerprint density at radius 1 is 1.30 bits per heavy atom. The molecular formula is C13H17F4NO2. The zero-order chi connectivity index (χ0) is 15.2. The maximum absolute atomic E-state index is 12.6. The molecule has 0 spiro atoms. The van der Waals surface area contributed by atoms with Gasteiger partial charge in [-0.3, -0.25) is 0 Å². The molecule has 7 heteroatoms. The van der Waals surface area contributed by atoms with Gasteiger partial charge in [0, 0.05) is 6.04 Å². The topological polar surface area (TPSA) is 44.5 Å². The lowest BCUT2D eigenvalue weighted by molar-refractivity contribution is -0.166. The van der Waals surface area contributed by atoms with Gasteiger partial charge in [0.2, 0.25) is 0 Å². The van der Waals surface area contributed by atoms with E-state index in [1.54, 1.807) is 24.3 Å². The van der Waals surface area contributed by atoms with Crippen LogP contribution in [-0.4, -0.2) is 38.7 Å². The second kappa shape index (κ2) is 7.44. The first-order chi connectivity index (χ1) is 9.35. The predicted octanol–water partition coefficient (Wildman–Crippen LogP) is 2.48. The molecule has 0 aromatic heterocycles. The average Bonchev–Trinajstić information content (AvgIpc) is 2.38. The van der Waals surface area contributed by atoms with Crippen LogP contribution in [0.2, 0.25) is 0 Å². The van der Waals surface area contributed by atoms with Crippen LogP contribution < -0.4 is 10.5 Å². The summed E-state index contributed by atoms with van der Waals surface area (Å²) >= 11 is 0. The van der Waals surface area contributed by atoms with Crippen molar-refractivity contribution in [1.29, 1.82) is 0 Å². The van der Waals surface area contributed by atoms with Crippen molar-refractivity contribution in [1.82, 2.24) is 0 Å². The Labute approximate surface area is 114 Å². The van der Waals surface area contributed by atoms with Crippen LogP contribution in [0.5, 0.6) is 5.75 Å². The minimum Gasteiger partial charge on any atom is -0.497 e. The number of rotatable bonds is 8. The molecule has 1 aromatic rings. The van der Waals surface area contributed by atoms with Gasteiger partial charge in [0.05, 0.1) is 13.7 Å². The molecule has 3 nitrogen and oxygen atoms in total. The van der Waals surface area contributed by atoms with Crippen molar-refractivity contribution in [2.24, 2.45) is 5.73 Å². The summed E-state index contributed by atoms with van der Waals surface area (Å²) in [5.41, 5.74) is 6.55. The van der Waals surface area contributed by atoms with Crippen LogP contribution in [0.4, 0.5) is 17.6 Å². The van der Waals surface area contributed by atoms with E-state index in [-0.39, 0.29) is 6.61 Å². The molecule has 20 heavy (non-hydrogen) atoms. The van der Waals surface area contributed by atoms with Crippen molar-refractivity contribution in [3.05, 3.63) is 29.8 Å². The van der Waals surface area contributed by atoms with Crippen molar-refractivity contribution < 1.29 is 27.0 Å². The summed E-state index contributed by atoms with van der Waals surface area (Å²) in [6.07, 6.45) is -3.37. The van der Waals surface area contributed by atoms with E-state index in [9.17, 15) is 17.6 Å². The van der Waals surface area contributed by atoms with Crippen molar-refractivity contribution in [2.75, 3.05) is 20.3 Å². The molecule has 0 amide bonds. The molecule has 0 aliphatic carbocycles. The zero-order valence-electron chi connectivity index (χ0n) is 11.0. The normalized spacial score (nSPS) is 13.6. The Hall–Kier alpha value is -1.34. The van der Waals surface area contributed by atoms with E-state index in [0.717, 1.165) is 5.56 Å². The highest BCUT2D eigenvalue weighted by Crippen LogP contribution is 2.23. The Balaban J connectivity index is 2.38. The summed E-state index contributed by atoms with van der Waals surface area (Å²) in [6, 6.07) is 6.53. The van der Waals surface area contributed by atoms with E-state index in [4.69, 9.17) is 10.5 Å². The lowest BCUT2D eigenvalue weighted by Crippen LogP contribution is -2.36. The highest BCUT2D eigenvalue weighted by Gasteiger charge is 2.41. The van der Waals surface area contributed by atoms with E-state index in [1.807, 2.05) is 0 Å². The second-order valence-corrected chi connectivity index (χ2v) is 4.39. The molecule has 0 fully saturated rings. The average molecular weight is 295 g/mol. The lowest BCUT2D eigenvalue weighted by Gasteiger charge is -2.17. The quantitative estimate of drug-likeness (QED) is 0.749. The summed E-state index contributed by atoms with van der Waals surface area (Å²) < 4.78 is 58.6. The smallest absolute Gasteiger partial charge is 0.330 e. The minimum atomic E-state index is -4.14. The fourth-order valence-electron chi connectivity index (χ4n) is 1.57. The number of hydrogen-bond donors (Lipinski definition) is 1. The van der Waals surface area contributed by atoms with Crippen LogP contribution in [0.3, 0.4) is 0 Å². The van der Waals surface area contributed by atoms with E-state index < -0.39 is 25.0 Å². The number of benzene rings is 1. The molecule has 1 atom stereocenters. The van der Waals surface area contributed by atoms with Crippen LogP contribution in [0.25, 0.3) is 0 Å². The molecule has 0 aliphatic rings. The Morgan fingerprint density at radius 3 is 2.60 bits per heavy atom. The maximum Gasteiger partial charge on any atom is 0.330 e. The van der Waals surface area contributed by atoms with Gasteiger partial charge in [0.25, 0.3) is 0 Å². The van der Waals surface area contributed by atoms with Gasteiger partial charge >= 0.3 is 12.3 Å². The predicted molar refractivity (Wildman–Crippen MR) is 66.4 cm³/mol. The summed E-state index contributed by atoms with van der Waals surface area (Å²) in [7, 11) is 1.52. The van der Waals surface area contributed by atoms with Gasteiger partial charge in [0.15, 0.2) is 0 Å². The fraction of sp³-hybridized carbons (Fsp3) is 0.538. The van der Waals surface area contributed by atoms with Crippen molar-refractivity contribution in [3.63, 3.8) is 0 Å². The molecule has 1 rings (SSSR count). The molecule has 114 valence electrons. The molecule has 1 aromatic carbocycles. The first kappa shape index (κ1) is 16.7. The number of methoxy groups -OCH3 is 1. The van der Waals surface area contributed by atoms with Crippen molar-refractivity contribution in [2.45, 2.75) is 24.8 Å². The SMILES string of the molecule is COc1cccc(CC(N)COCC(F)(F)C(F)F)c1. The number of halogens is 4. The third kappa shape index (κ3) is 5.34. The van der Waals surface area contributed by atoms with Gasteiger partial charge in [-0.2, -0.15) is 8.78 Å². The Bertz CT molecular complexity index is 415. The van der Waals surface area contributed by atoms with E-state index >= 15 is 0 Å². The van der Waals surface area contributed by atoms with Gasteiger partial charge in [-0.05, 0) is 24.1 Å². The molecule has 0 saturated heterocycles. The van der Waals surface area contributed by atoms with E-state index in [2.05, 4.69) is 4.74 Å². The molecule has 0 aliphatic heterocycles. The van der Waals surface area contributed by atoms with Crippen molar-refractivity contribution in [3.8, 4) is 5.75 Å². The number of nitrogens with two attached hydrogens (primary N) is 1. The van der Waals surface area contributed by atoms with Crippen LogP contribution in [0.15, 0.2) is 24.3 Å². The fourth-order valence-corrected chi connectivity index (χ4v) is 1.57. The number of alkyl halides is 4. The van der Waals surface area contributed by atoms with Crippen LogP contribution in [0.1, 0.15) is 5.56 Å². The molecule has 0 radical (unpaired) electrons. The molecule has 2 N–H and O–H groups in total. The molecule has 1 unspecified atom stereocenters. The number of hydrogen-bond acceptors (Lipinski definition) is 3. The first-order valence-electron chi connectivity index (χ1n) is 5.97. The molecule has 0 heterocycles. The largest absolute Gasteiger partial charge is 0.497 e. The maximum atomic E-state index is 12.6. The highest BCUT2D eigenvalue weighted by molar-refractivity contribution is 5.28. The van der Waals surface area contributed by atoms with Crippen LogP contribution in [-0.2, 0) is 11.2 Å². The standard InChI is InChI=1S/C13H17F4NO2/c1-19-11-4-2-3-9(6-11)5-10(18)7-20-8-13(16,17)12(14)15/h2-4,6,10,12H,5,7-8,18H2,1H3. The summed E-state index contributed by atoms with van der Waals surface area (Å²) in [5.74, 6) is -3.49. The van der Waals surface area contributed by atoms with Crippen LogP contribution >= 0.6 is 0 Å². The van der Waals surface area contributed by atoms with Crippen LogP contribution in [0, 0.1) is 0 Å². The van der Waals surface area contributed by atoms with Gasteiger partial charge in [-0.1, -0.05) is 12.1 Å². The third-order valence-corrected chi connectivity index (χ3v) is 2.58. The monoisotopic (exact) mass is 295 g/mol. The first-order valence-corrected chi connectivity index (χ1v) is 5.97. The van der Waals surface area contributed by atoms with E-state index in [1.165, 1.54) is 7.11 Å². The van der Waals surface area contributed by atoms with E-state index in [0.29, 0.717) is 12.2 Å². The molecular weight excluding hydrogens is 278 g/mol. The molecule has 0 bridgehead atoms. The van der Waals surface area contributed by atoms with Crippen molar-refractivity contribution >= 4 is 0 Å². The van der Waals surface area contributed by atoms with Gasteiger partial charge in [-0.25, -0.2) is 8.78 Å². The highest BCUT2D eigenvalue weighted by atomic mass is 19.3. The molecule has 0 saturated carbocycles. The Morgan fingerprint density at radius 2 is 2.00 bits per heavy atom. The third-order valence-electron chi connectivity index (χ3n) is 2.58. The summed E-state index contributed by atoms with van der Waals surface area (Å²) in [6.45, 7) is -1.56. The summed E-state index contributed by atoms with van der Waals surface area (Å²) in [4.78, 5) is 0. The minimum absolute atomic E-state index is 0.223. The number of ether oxygens (including phenoxy) is 2. The van der Waals surface area contributed by atoms with Gasteiger partial charge in [0.1, 0.15) is 12.4 Å². The zero-order valence-corrected chi connectivity index (χ0v) is 11.0. The summed E-state index contributed by atoms with van der Waals surface area (Å²) in [5, 5.41) is 0. The Kier molecular flexibility index (Phi) is 6.22. The van der Waals surface area contributed by atoms with Gasteiger partial charge < -0.3 is 15.2 Å². The van der Waals surface area contributed by atoms with Gasteiger partial charge in [-0.15, -0.1) is 0 Å². The lowest BCUT2D eigenvalue weighted by atomic mass is 10.1. The second-order valence-electron chi connectivity index (χ2n) is 4.39.